The van der Waals surface area contributed by atoms with Crippen molar-refractivity contribution in [1.82, 2.24) is 20.1 Å². The lowest BCUT2D eigenvalue weighted by atomic mass is 9.79. The van der Waals surface area contributed by atoms with Crippen LogP contribution < -0.4 is 16.0 Å². The number of rotatable bonds is 5. The molecule has 0 bridgehead atoms. The molecule has 2 saturated heterocycles. The van der Waals surface area contributed by atoms with Gasteiger partial charge in [0.15, 0.2) is 0 Å². The molecular weight excluding hydrogens is 492 g/mol. The molecule has 1 spiro atoms. The fourth-order valence-electron chi connectivity index (χ4n) is 7.00. The second-order valence-corrected chi connectivity index (χ2v) is 12.1. The number of anilines is 2. The van der Waals surface area contributed by atoms with Crippen molar-refractivity contribution in [1.29, 1.82) is 0 Å². The summed E-state index contributed by atoms with van der Waals surface area (Å²) in [7, 11) is 2.08. The van der Waals surface area contributed by atoms with Crippen LogP contribution in [-0.2, 0) is 32.6 Å². The Balaban J connectivity index is 1.19. The zero-order valence-electron chi connectivity index (χ0n) is 22.9. The number of likely N-dealkylation sites (tertiary alicyclic amines) is 1. The van der Waals surface area contributed by atoms with E-state index in [9.17, 15) is 14.4 Å². The van der Waals surface area contributed by atoms with Crippen LogP contribution in [0, 0.1) is 5.41 Å². The number of hydrogen-bond donors (Lipinski definition) is 3. The molecule has 4 heterocycles. The Morgan fingerprint density at radius 2 is 1.97 bits per heavy atom. The summed E-state index contributed by atoms with van der Waals surface area (Å²) in [5.41, 5.74) is 2.71. The number of likely N-dealkylation sites (N-methyl/N-ethyl adjacent to an activating group) is 1. The number of pyridine rings is 1. The molecule has 1 aromatic heterocycles. The van der Waals surface area contributed by atoms with E-state index in [0.29, 0.717) is 24.3 Å². The van der Waals surface area contributed by atoms with Gasteiger partial charge in [-0.2, -0.15) is 0 Å². The van der Waals surface area contributed by atoms with Crippen molar-refractivity contribution in [2.75, 3.05) is 50.4 Å². The Hall–Kier alpha value is -3.30. The molecule has 39 heavy (non-hydrogen) atoms. The molecule has 2 fully saturated rings. The van der Waals surface area contributed by atoms with Gasteiger partial charge >= 0.3 is 0 Å². The molecule has 2 aromatic rings. The number of hydrogen-bond acceptors (Lipinski definition) is 6. The minimum atomic E-state index is -0.644. The van der Waals surface area contributed by atoms with Crippen molar-refractivity contribution < 1.29 is 14.4 Å². The lowest BCUT2D eigenvalue weighted by Crippen LogP contribution is -2.56. The molecule has 3 N–H and O–H groups in total. The Morgan fingerprint density at radius 1 is 1.18 bits per heavy atom. The zero-order valence-corrected chi connectivity index (χ0v) is 22.9. The van der Waals surface area contributed by atoms with Gasteiger partial charge in [0.25, 0.3) is 0 Å². The molecule has 0 radical (unpaired) electrons. The third kappa shape index (κ3) is 4.72. The van der Waals surface area contributed by atoms with Gasteiger partial charge in [0.05, 0.1) is 5.41 Å². The number of amides is 3. The number of nitrogens with one attached hydrogen (secondary N) is 3. The maximum Gasteiger partial charge on any atom is 0.244 e. The first-order valence-corrected chi connectivity index (χ1v) is 14.2. The van der Waals surface area contributed by atoms with E-state index in [2.05, 4.69) is 39.8 Å². The van der Waals surface area contributed by atoms with Crippen LogP contribution in [0.4, 0.5) is 11.5 Å². The van der Waals surface area contributed by atoms with E-state index in [1.165, 1.54) is 0 Å². The van der Waals surface area contributed by atoms with Crippen LogP contribution in [-0.4, -0.2) is 78.3 Å². The topological polar surface area (TPSA) is 107 Å². The standard InChI is InChI=1S/C30H38N6O3/c1-29(9-12-31-13-10-29)28(39)36(23-5-4-14-35(2)18-23)19-25(37)33-22-8-7-20-16-30(17-21(20)15-22)24-6-3-11-32-26(24)34-27(30)38/h3,6-8,11,15,23,31H,4-5,9-10,12-14,16-19H2,1-2H3,(H,33,37)(H,32,34,38)/t23-,30+/m0/s1. The minimum Gasteiger partial charge on any atom is -0.329 e. The number of aromatic nitrogens is 1. The van der Waals surface area contributed by atoms with Crippen molar-refractivity contribution in [2.24, 2.45) is 5.41 Å². The van der Waals surface area contributed by atoms with Crippen molar-refractivity contribution in [3.05, 3.63) is 53.2 Å². The predicted octanol–water partition coefficient (Wildman–Crippen LogP) is 2.32. The first kappa shape index (κ1) is 26.0. The van der Waals surface area contributed by atoms with Crippen LogP contribution in [0.25, 0.3) is 0 Å². The Labute approximate surface area is 229 Å². The molecule has 0 unspecified atom stereocenters. The molecule has 0 saturated carbocycles. The van der Waals surface area contributed by atoms with Gasteiger partial charge in [-0.15, -0.1) is 0 Å². The number of carbonyl (C=O) groups excluding carboxylic acids is 3. The van der Waals surface area contributed by atoms with Gasteiger partial charge in [-0.05, 0) is 94.5 Å². The highest BCUT2D eigenvalue weighted by Gasteiger charge is 2.51. The highest BCUT2D eigenvalue weighted by Crippen LogP contribution is 2.47. The van der Waals surface area contributed by atoms with E-state index in [0.717, 1.165) is 68.6 Å². The number of nitrogens with zero attached hydrogens (tertiary/aromatic N) is 3. The summed E-state index contributed by atoms with van der Waals surface area (Å²) in [5.74, 6) is 0.533. The summed E-state index contributed by atoms with van der Waals surface area (Å²) in [6.45, 7) is 5.54. The second kappa shape index (κ2) is 10.0. The molecule has 9 nitrogen and oxygen atoms in total. The first-order valence-electron chi connectivity index (χ1n) is 14.2. The summed E-state index contributed by atoms with van der Waals surface area (Å²) < 4.78 is 0. The molecule has 1 aromatic carbocycles. The van der Waals surface area contributed by atoms with E-state index in [4.69, 9.17) is 0 Å². The van der Waals surface area contributed by atoms with Gasteiger partial charge in [-0.1, -0.05) is 19.1 Å². The molecule has 2 atom stereocenters. The van der Waals surface area contributed by atoms with Crippen LogP contribution in [0.5, 0.6) is 0 Å². The highest BCUT2D eigenvalue weighted by atomic mass is 16.2. The fourth-order valence-corrected chi connectivity index (χ4v) is 7.00. The van der Waals surface area contributed by atoms with E-state index in [1.54, 1.807) is 6.20 Å². The lowest BCUT2D eigenvalue weighted by molar-refractivity contribution is -0.148. The molecule has 9 heteroatoms. The van der Waals surface area contributed by atoms with Crippen LogP contribution in [0.3, 0.4) is 0 Å². The average Bonchev–Trinajstić information content (AvgIpc) is 3.44. The Morgan fingerprint density at radius 3 is 2.77 bits per heavy atom. The highest BCUT2D eigenvalue weighted by molar-refractivity contribution is 6.06. The van der Waals surface area contributed by atoms with Crippen molar-refractivity contribution in [2.45, 2.75) is 56.9 Å². The van der Waals surface area contributed by atoms with E-state index in [-0.39, 0.29) is 30.3 Å². The number of fused-ring (bicyclic) bond motifs is 3. The third-order valence-corrected chi connectivity index (χ3v) is 9.30. The third-order valence-electron chi connectivity index (χ3n) is 9.30. The average molecular weight is 531 g/mol. The summed E-state index contributed by atoms with van der Waals surface area (Å²) >= 11 is 0. The first-order chi connectivity index (χ1) is 18.8. The molecule has 3 amide bonds. The number of piperidine rings is 2. The van der Waals surface area contributed by atoms with E-state index >= 15 is 0 Å². The Kier molecular flexibility index (Phi) is 6.67. The quantitative estimate of drug-likeness (QED) is 0.548. The molecule has 1 aliphatic carbocycles. The van der Waals surface area contributed by atoms with Crippen molar-refractivity contribution >= 4 is 29.2 Å². The largest absolute Gasteiger partial charge is 0.329 e. The van der Waals surface area contributed by atoms with Crippen LogP contribution in [0.2, 0.25) is 0 Å². The maximum absolute atomic E-state index is 13.9. The lowest BCUT2D eigenvalue weighted by Gasteiger charge is -2.43. The fraction of sp³-hybridized carbons (Fsp3) is 0.533. The molecule has 4 aliphatic rings. The van der Waals surface area contributed by atoms with Gasteiger partial charge in [-0.25, -0.2) is 4.98 Å². The normalized spacial score (nSPS) is 25.6. The van der Waals surface area contributed by atoms with Gasteiger partial charge < -0.3 is 25.8 Å². The summed E-state index contributed by atoms with van der Waals surface area (Å²) in [4.78, 5) is 48.8. The van der Waals surface area contributed by atoms with Crippen molar-refractivity contribution in [3.8, 4) is 0 Å². The molecule has 206 valence electrons. The van der Waals surface area contributed by atoms with Crippen LogP contribution in [0.1, 0.15) is 49.3 Å². The minimum absolute atomic E-state index is 0.0176. The van der Waals surface area contributed by atoms with Crippen LogP contribution in [0.15, 0.2) is 36.5 Å². The smallest absolute Gasteiger partial charge is 0.244 e. The zero-order chi connectivity index (χ0) is 27.2. The van der Waals surface area contributed by atoms with Gasteiger partial charge in [-0.3, -0.25) is 14.4 Å². The maximum atomic E-state index is 13.9. The van der Waals surface area contributed by atoms with E-state index < -0.39 is 10.8 Å². The summed E-state index contributed by atoms with van der Waals surface area (Å²) in [6, 6.07) is 9.78. The Bertz CT molecular complexity index is 1310. The van der Waals surface area contributed by atoms with Gasteiger partial charge in [0.1, 0.15) is 12.4 Å². The number of carbonyl (C=O) groups is 3. The monoisotopic (exact) mass is 530 g/mol. The van der Waals surface area contributed by atoms with Crippen LogP contribution >= 0.6 is 0 Å². The molecule has 6 rings (SSSR count). The van der Waals surface area contributed by atoms with E-state index in [1.807, 2.05) is 35.2 Å². The number of benzene rings is 1. The predicted molar refractivity (Wildman–Crippen MR) is 149 cm³/mol. The molecule has 3 aliphatic heterocycles. The van der Waals surface area contributed by atoms with Crippen molar-refractivity contribution in [3.63, 3.8) is 0 Å². The second-order valence-electron chi connectivity index (χ2n) is 12.1. The van der Waals surface area contributed by atoms with Gasteiger partial charge in [0, 0.05) is 35.4 Å². The van der Waals surface area contributed by atoms with Gasteiger partial charge in [0.2, 0.25) is 17.7 Å². The summed E-state index contributed by atoms with van der Waals surface area (Å²) in [5, 5.41) is 9.36. The summed E-state index contributed by atoms with van der Waals surface area (Å²) in [6.07, 6.45) is 6.38. The molecular formula is C30H38N6O3. The SMILES string of the molecule is CN1CCC[C@H](N(CC(=O)Nc2ccc3c(c2)C[C@@]2(C3)C(=O)Nc3ncccc32)C(=O)C2(C)CCNCC2)C1.